The molecule has 33 heavy (non-hydrogen) atoms. The van der Waals surface area contributed by atoms with E-state index in [0.29, 0.717) is 34.5 Å². The van der Waals surface area contributed by atoms with Crippen molar-refractivity contribution >= 4 is 28.9 Å². The van der Waals surface area contributed by atoms with Crippen LogP contribution in [0, 0.1) is 16.7 Å². The lowest BCUT2D eigenvalue weighted by atomic mass is 10.0. The first kappa shape index (κ1) is 22.1. The first-order chi connectivity index (χ1) is 16.0. The Hall–Kier alpha value is -4.10. The summed E-state index contributed by atoms with van der Waals surface area (Å²) in [5.74, 6) is 0.366. The average Bonchev–Trinajstić information content (AvgIpc) is 3.48. The zero-order valence-electron chi connectivity index (χ0n) is 18.4. The van der Waals surface area contributed by atoms with Crippen molar-refractivity contribution < 1.29 is 9.53 Å². The molecular formula is C23H24N8O2. The van der Waals surface area contributed by atoms with Crippen molar-refractivity contribution in [3.05, 3.63) is 58.9 Å². The average molecular weight is 444 g/mol. The van der Waals surface area contributed by atoms with Gasteiger partial charge in [0.05, 0.1) is 11.6 Å². The number of fused-ring (bicyclic) bond motifs is 1. The summed E-state index contributed by atoms with van der Waals surface area (Å²) in [5.41, 5.74) is 3.73. The number of imidazole rings is 1. The predicted octanol–water partition coefficient (Wildman–Crippen LogP) is 2.23. The molecule has 0 radical (unpaired) electrons. The number of ether oxygens (including phenoxy) is 1. The number of nitrogens with one attached hydrogen (secondary N) is 3. The van der Waals surface area contributed by atoms with Crippen LogP contribution in [0.2, 0.25) is 0 Å². The lowest BCUT2D eigenvalue weighted by molar-refractivity contribution is 0.0946. The lowest BCUT2D eigenvalue weighted by Crippen LogP contribution is -2.25. The van der Waals surface area contributed by atoms with Gasteiger partial charge in [-0.15, -0.1) is 0 Å². The number of hydrogen-bond acceptors (Lipinski definition) is 8. The number of hydrogen-bond donors (Lipinski definition) is 3. The molecule has 1 aliphatic rings. The summed E-state index contributed by atoms with van der Waals surface area (Å²) in [6.07, 6.45) is 5.96. The van der Waals surface area contributed by atoms with Crippen LogP contribution in [0.5, 0.6) is 0 Å². The Labute approximate surface area is 190 Å². The van der Waals surface area contributed by atoms with Crippen molar-refractivity contribution in [3.8, 4) is 6.07 Å². The number of benzene rings is 1. The first-order valence-electron chi connectivity index (χ1n) is 10.5. The van der Waals surface area contributed by atoms with E-state index in [9.17, 15) is 10.1 Å². The van der Waals surface area contributed by atoms with Crippen LogP contribution in [0.3, 0.4) is 0 Å². The Balaban J connectivity index is 1.60. The highest BCUT2D eigenvalue weighted by molar-refractivity contribution is 6.08. The van der Waals surface area contributed by atoms with Gasteiger partial charge in [0.25, 0.3) is 5.91 Å². The summed E-state index contributed by atoms with van der Waals surface area (Å²) in [7, 11) is 3.58. The van der Waals surface area contributed by atoms with Gasteiger partial charge in [0.15, 0.2) is 11.3 Å². The van der Waals surface area contributed by atoms with Gasteiger partial charge in [-0.3, -0.25) is 4.79 Å². The Morgan fingerprint density at radius 1 is 1.39 bits per heavy atom. The highest BCUT2D eigenvalue weighted by Crippen LogP contribution is 2.30. The fraction of sp³-hybridized carbons (Fsp3) is 0.304. The third-order valence-electron chi connectivity index (χ3n) is 5.50. The normalized spacial score (nSPS) is 15.9. The number of aryl methyl sites for hydroxylation is 1. The summed E-state index contributed by atoms with van der Waals surface area (Å²) < 4.78 is 7.58. The molecule has 0 bridgehead atoms. The molecule has 0 saturated carbocycles. The molecule has 3 N–H and O–H groups in total. The lowest BCUT2D eigenvalue weighted by Gasteiger charge is -2.11. The number of aromatic nitrogens is 4. The molecule has 3 heterocycles. The number of nitrogens with zero attached hydrogens (tertiary/aromatic N) is 5. The minimum atomic E-state index is -0.369. The number of rotatable bonds is 7. The van der Waals surface area contributed by atoms with Gasteiger partial charge in [-0.25, -0.2) is 15.0 Å². The Morgan fingerprint density at radius 3 is 2.94 bits per heavy atom. The van der Waals surface area contributed by atoms with Gasteiger partial charge in [0.1, 0.15) is 23.8 Å². The number of carbonyl (C=O) groups is 1. The molecule has 3 aromatic rings. The number of carbonyl (C=O) groups excluding carboxylic acids is 1. The molecule has 4 rings (SSSR count). The molecule has 1 amide bonds. The van der Waals surface area contributed by atoms with E-state index in [4.69, 9.17) is 10.1 Å². The molecule has 1 aromatic carbocycles. The predicted molar refractivity (Wildman–Crippen MR) is 122 cm³/mol. The van der Waals surface area contributed by atoms with Crippen LogP contribution in [0.25, 0.3) is 16.7 Å². The minimum Gasteiger partial charge on any atom is -0.393 e. The van der Waals surface area contributed by atoms with E-state index in [1.807, 2.05) is 17.7 Å². The Kier molecular flexibility index (Phi) is 6.42. The zero-order valence-corrected chi connectivity index (χ0v) is 18.4. The number of nitriles is 1. The van der Waals surface area contributed by atoms with Crippen molar-refractivity contribution in [1.29, 1.82) is 10.7 Å². The van der Waals surface area contributed by atoms with E-state index in [1.54, 1.807) is 25.4 Å². The van der Waals surface area contributed by atoms with E-state index < -0.39 is 0 Å². The van der Waals surface area contributed by atoms with Crippen LogP contribution < -0.4 is 10.6 Å². The molecule has 1 unspecified atom stereocenters. The second-order valence-electron chi connectivity index (χ2n) is 7.67. The maximum Gasteiger partial charge on any atom is 0.272 e. The molecule has 10 heteroatoms. The molecular weight excluding hydrogens is 420 g/mol. The second-order valence-corrected chi connectivity index (χ2v) is 7.67. The maximum absolute atomic E-state index is 13.1. The van der Waals surface area contributed by atoms with E-state index in [2.05, 4.69) is 31.7 Å². The van der Waals surface area contributed by atoms with Gasteiger partial charge in [-0.2, -0.15) is 5.26 Å². The van der Waals surface area contributed by atoms with Crippen LogP contribution in [0.1, 0.15) is 51.9 Å². The van der Waals surface area contributed by atoms with Crippen LogP contribution in [-0.4, -0.2) is 45.3 Å². The molecule has 1 aliphatic heterocycles. The number of allylic oxidation sites excluding steroid dienone is 1. The van der Waals surface area contributed by atoms with Crippen molar-refractivity contribution in [3.63, 3.8) is 0 Å². The Bertz CT molecular complexity index is 1280. The third-order valence-corrected chi connectivity index (χ3v) is 5.50. The van der Waals surface area contributed by atoms with Crippen molar-refractivity contribution in [2.75, 3.05) is 13.7 Å². The van der Waals surface area contributed by atoms with E-state index >= 15 is 0 Å². The van der Waals surface area contributed by atoms with Crippen LogP contribution >= 0.6 is 0 Å². The van der Waals surface area contributed by atoms with Crippen molar-refractivity contribution in [1.82, 2.24) is 30.2 Å². The SMILES string of the molecule is CN/C=C(\C=N)c1cc(C#N)cc(CNC(=O)c2ncnc3nc(C4CCCO4)n(C)c23)c1. The molecule has 1 saturated heterocycles. The zero-order chi connectivity index (χ0) is 23.4. The van der Waals surface area contributed by atoms with Gasteiger partial charge in [0, 0.05) is 45.2 Å². The van der Waals surface area contributed by atoms with Crippen molar-refractivity contribution in [2.45, 2.75) is 25.5 Å². The maximum atomic E-state index is 13.1. The molecule has 2 aromatic heterocycles. The summed E-state index contributed by atoms with van der Waals surface area (Å²) >= 11 is 0. The van der Waals surface area contributed by atoms with Gasteiger partial charge in [0.2, 0.25) is 0 Å². The summed E-state index contributed by atoms with van der Waals surface area (Å²) in [6, 6.07) is 7.38. The van der Waals surface area contributed by atoms with Gasteiger partial charge in [-0.05, 0) is 42.2 Å². The molecule has 1 fully saturated rings. The van der Waals surface area contributed by atoms with Crippen molar-refractivity contribution in [2.24, 2.45) is 7.05 Å². The summed E-state index contributed by atoms with van der Waals surface area (Å²) in [6.45, 7) is 0.883. The molecule has 10 nitrogen and oxygen atoms in total. The van der Waals surface area contributed by atoms with E-state index in [0.717, 1.165) is 24.2 Å². The van der Waals surface area contributed by atoms with Crippen LogP contribution in [0.4, 0.5) is 0 Å². The molecule has 0 aliphatic carbocycles. The summed E-state index contributed by atoms with van der Waals surface area (Å²) in [5, 5.41) is 22.8. The monoisotopic (exact) mass is 444 g/mol. The Morgan fingerprint density at radius 2 is 2.24 bits per heavy atom. The van der Waals surface area contributed by atoms with Crippen LogP contribution in [-0.2, 0) is 18.3 Å². The minimum absolute atomic E-state index is 0.110. The standard InChI is InChI=1S/C23H24N8O2/c1-26-12-17(10-25)16-7-14(9-24)6-15(8-16)11-27-23(32)19-20-21(29-13-28-19)30-22(31(20)2)18-4-3-5-33-18/h6-8,10,12-13,18,25-26H,3-5,11H2,1-2H3,(H,27,32)/b17-12+,25-10?. The molecule has 1 atom stereocenters. The van der Waals surface area contributed by atoms with E-state index in [-0.39, 0.29) is 24.2 Å². The van der Waals surface area contributed by atoms with Gasteiger partial charge in [-0.1, -0.05) is 0 Å². The highest BCUT2D eigenvalue weighted by atomic mass is 16.5. The second kappa shape index (κ2) is 9.58. The number of amides is 1. The fourth-order valence-corrected chi connectivity index (χ4v) is 3.95. The molecule has 0 spiro atoms. The highest BCUT2D eigenvalue weighted by Gasteiger charge is 2.26. The topological polar surface area (TPSA) is 142 Å². The van der Waals surface area contributed by atoms with Crippen LogP contribution in [0.15, 0.2) is 30.7 Å². The first-order valence-corrected chi connectivity index (χ1v) is 10.5. The largest absolute Gasteiger partial charge is 0.393 e. The molecule has 168 valence electrons. The smallest absolute Gasteiger partial charge is 0.272 e. The third kappa shape index (κ3) is 4.44. The fourth-order valence-electron chi connectivity index (χ4n) is 3.95. The summed E-state index contributed by atoms with van der Waals surface area (Å²) in [4.78, 5) is 26.1. The van der Waals surface area contributed by atoms with Gasteiger partial charge >= 0.3 is 0 Å². The van der Waals surface area contributed by atoms with E-state index in [1.165, 1.54) is 12.5 Å². The quantitative estimate of drug-likeness (QED) is 0.474. The van der Waals surface area contributed by atoms with Gasteiger partial charge < -0.3 is 25.3 Å².